The SMILES string of the molecule is CC1=CC(=O)C[C@@H]2[C@](C)(CCC3=CC(=O)O[C@H]3O)[C@H](C)CC[C@]12C. The second kappa shape index (κ2) is 5.83. The molecule has 0 saturated heterocycles. The predicted molar refractivity (Wildman–Crippen MR) is 90.9 cm³/mol. The summed E-state index contributed by atoms with van der Waals surface area (Å²) in [5, 5.41) is 9.83. The number of aliphatic hydroxyl groups excluding tert-OH is 1. The summed E-state index contributed by atoms with van der Waals surface area (Å²) in [6.07, 6.45) is 6.51. The van der Waals surface area contributed by atoms with Crippen molar-refractivity contribution in [2.75, 3.05) is 0 Å². The normalized spacial score (nSPS) is 42.3. The Balaban J connectivity index is 1.86. The minimum atomic E-state index is -1.10. The summed E-state index contributed by atoms with van der Waals surface area (Å²) < 4.78 is 4.79. The zero-order valence-corrected chi connectivity index (χ0v) is 15.1. The standard InChI is InChI=1S/C20H28O4/c1-12-5-7-20(4)13(2)9-15(21)11-16(20)19(12,3)8-6-14-10-17(22)24-18(14)23/h9-10,12,16,18,23H,5-8,11H2,1-4H3/t12-,16-,18-,19-,20-/m1/s1. The topological polar surface area (TPSA) is 63.6 Å². The molecule has 4 nitrogen and oxygen atoms in total. The van der Waals surface area contributed by atoms with Gasteiger partial charge in [0.1, 0.15) is 0 Å². The van der Waals surface area contributed by atoms with Crippen molar-refractivity contribution in [2.45, 2.75) is 66.1 Å². The van der Waals surface area contributed by atoms with E-state index in [0.29, 0.717) is 30.3 Å². The van der Waals surface area contributed by atoms with Crippen LogP contribution in [0.15, 0.2) is 23.3 Å². The van der Waals surface area contributed by atoms with E-state index in [0.717, 1.165) is 19.3 Å². The van der Waals surface area contributed by atoms with E-state index < -0.39 is 12.3 Å². The van der Waals surface area contributed by atoms with Crippen LogP contribution in [0.5, 0.6) is 0 Å². The van der Waals surface area contributed by atoms with Crippen LogP contribution in [0.25, 0.3) is 0 Å². The predicted octanol–water partition coefficient (Wildman–Crippen LogP) is 3.55. The van der Waals surface area contributed by atoms with Crippen LogP contribution in [0.4, 0.5) is 0 Å². The summed E-state index contributed by atoms with van der Waals surface area (Å²) in [5.74, 6) is 0.580. The van der Waals surface area contributed by atoms with Gasteiger partial charge in [0.05, 0.1) is 0 Å². The highest BCUT2D eigenvalue weighted by Crippen LogP contribution is 2.61. The molecule has 0 spiro atoms. The lowest BCUT2D eigenvalue weighted by Crippen LogP contribution is -2.51. The smallest absolute Gasteiger partial charge is 0.333 e. The fourth-order valence-electron chi connectivity index (χ4n) is 5.16. The van der Waals surface area contributed by atoms with E-state index in [1.54, 1.807) is 0 Å². The van der Waals surface area contributed by atoms with Gasteiger partial charge in [-0.2, -0.15) is 0 Å². The average Bonchev–Trinajstić information content (AvgIpc) is 2.83. The molecule has 0 aromatic rings. The second-order valence-corrected chi connectivity index (χ2v) is 8.42. The highest BCUT2D eigenvalue weighted by molar-refractivity contribution is 5.92. The van der Waals surface area contributed by atoms with Crippen molar-refractivity contribution in [3.63, 3.8) is 0 Å². The van der Waals surface area contributed by atoms with Gasteiger partial charge in [-0.3, -0.25) is 4.79 Å². The molecule has 3 aliphatic rings. The van der Waals surface area contributed by atoms with E-state index >= 15 is 0 Å². The molecule has 24 heavy (non-hydrogen) atoms. The fourth-order valence-corrected chi connectivity index (χ4v) is 5.16. The number of allylic oxidation sites excluding steroid dienone is 2. The zero-order chi connectivity index (χ0) is 17.7. The van der Waals surface area contributed by atoms with E-state index in [4.69, 9.17) is 4.74 Å². The molecule has 1 N–H and O–H groups in total. The summed E-state index contributed by atoms with van der Waals surface area (Å²) >= 11 is 0. The van der Waals surface area contributed by atoms with Gasteiger partial charge in [-0.25, -0.2) is 4.79 Å². The number of fused-ring (bicyclic) bond motifs is 1. The van der Waals surface area contributed by atoms with Gasteiger partial charge in [0, 0.05) is 18.1 Å². The van der Waals surface area contributed by atoms with Crippen LogP contribution in [-0.2, 0) is 14.3 Å². The number of cyclic esters (lactones) is 1. The monoisotopic (exact) mass is 332 g/mol. The van der Waals surface area contributed by atoms with Crippen LogP contribution in [0.2, 0.25) is 0 Å². The highest BCUT2D eigenvalue weighted by Gasteiger charge is 2.54. The molecule has 5 atom stereocenters. The van der Waals surface area contributed by atoms with Gasteiger partial charge in [0.15, 0.2) is 5.78 Å². The van der Waals surface area contributed by atoms with E-state index in [-0.39, 0.29) is 16.6 Å². The van der Waals surface area contributed by atoms with Crippen LogP contribution < -0.4 is 0 Å². The van der Waals surface area contributed by atoms with Gasteiger partial charge in [-0.15, -0.1) is 0 Å². The van der Waals surface area contributed by atoms with Crippen LogP contribution in [0, 0.1) is 22.7 Å². The molecule has 0 aromatic carbocycles. The second-order valence-electron chi connectivity index (χ2n) is 8.42. The van der Waals surface area contributed by atoms with Crippen molar-refractivity contribution >= 4 is 11.8 Å². The van der Waals surface area contributed by atoms with Crippen molar-refractivity contribution in [1.82, 2.24) is 0 Å². The lowest BCUT2D eigenvalue weighted by atomic mass is 9.47. The molecule has 132 valence electrons. The number of rotatable bonds is 3. The summed E-state index contributed by atoms with van der Waals surface area (Å²) in [6, 6.07) is 0. The Morgan fingerprint density at radius 1 is 1.29 bits per heavy atom. The third-order valence-corrected chi connectivity index (χ3v) is 7.27. The third-order valence-electron chi connectivity index (χ3n) is 7.27. The summed E-state index contributed by atoms with van der Waals surface area (Å²) in [7, 11) is 0. The Labute approximate surface area is 144 Å². The van der Waals surface area contributed by atoms with Gasteiger partial charge >= 0.3 is 5.97 Å². The number of carbonyl (C=O) groups is 2. The maximum Gasteiger partial charge on any atom is 0.333 e. The van der Waals surface area contributed by atoms with Crippen LogP contribution in [-0.4, -0.2) is 23.1 Å². The first-order valence-corrected chi connectivity index (χ1v) is 8.97. The van der Waals surface area contributed by atoms with E-state index in [9.17, 15) is 14.7 Å². The number of carbonyl (C=O) groups excluding carboxylic acids is 2. The zero-order valence-electron chi connectivity index (χ0n) is 15.1. The molecule has 0 radical (unpaired) electrons. The van der Waals surface area contributed by atoms with E-state index in [1.807, 2.05) is 6.08 Å². The molecule has 0 bridgehead atoms. The van der Waals surface area contributed by atoms with Gasteiger partial charge in [0.25, 0.3) is 0 Å². The van der Waals surface area contributed by atoms with Crippen molar-refractivity contribution in [1.29, 1.82) is 0 Å². The molecule has 0 unspecified atom stereocenters. The number of ketones is 1. The van der Waals surface area contributed by atoms with Gasteiger partial charge in [-0.1, -0.05) is 26.3 Å². The Kier molecular flexibility index (Phi) is 4.23. The van der Waals surface area contributed by atoms with Crippen molar-refractivity contribution in [2.24, 2.45) is 22.7 Å². The Bertz CT molecular complexity index is 632. The third kappa shape index (κ3) is 2.65. The number of hydrogen-bond acceptors (Lipinski definition) is 4. The van der Waals surface area contributed by atoms with Crippen molar-refractivity contribution in [3.05, 3.63) is 23.3 Å². The molecule has 2 aliphatic carbocycles. The number of aliphatic hydroxyl groups is 1. The molecular weight excluding hydrogens is 304 g/mol. The largest absolute Gasteiger partial charge is 0.429 e. The number of hydrogen-bond donors (Lipinski definition) is 1. The number of ether oxygens (including phenoxy) is 1. The maximum atomic E-state index is 12.2. The molecule has 0 aromatic heterocycles. The lowest BCUT2D eigenvalue weighted by Gasteiger charge is -2.57. The van der Waals surface area contributed by atoms with Crippen LogP contribution in [0.1, 0.15) is 59.8 Å². The van der Waals surface area contributed by atoms with Crippen molar-refractivity contribution in [3.8, 4) is 0 Å². The Morgan fingerprint density at radius 2 is 2.00 bits per heavy atom. The first kappa shape index (κ1) is 17.4. The maximum absolute atomic E-state index is 12.2. The summed E-state index contributed by atoms with van der Waals surface area (Å²) in [5.41, 5.74) is 1.95. The van der Waals surface area contributed by atoms with Gasteiger partial charge in [0.2, 0.25) is 6.29 Å². The highest BCUT2D eigenvalue weighted by atomic mass is 16.6. The fraction of sp³-hybridized carbons (Fsp3) is 0.700. The molecule has 1 aliphatic heterocycles. The quantitative estimate of drug-likeness (QED) is 0.803. The van der Waals surface area contributed by atoms with Gasteiger partial charge < -0.3 is 9.84 Å². The van der Waals surface area contributed by atoms with Gasteiger partial charge in [-0.05, 0) is 61.3 Å². The average molecular weight is 332 g/mol. The lowest BCUT2D eigenvalue weighted by molar-refractivity contribution is -0.151. The first-order chi connectivity index (χ1) is 11.2. The van der Waals surface area contributed by atoms with Crippen LogP contribution in [0.3, 0.4) is 0 Å². The molecule has 0 amide bonds. The van der Waals surface area contributed by atoms with E-state index in [1.165, 1.54) is 11.6 Å². The van der Waals surface area contributed by atoms with Crippen LogP contribution >= 0.6 is 0 Å². The van der Waals surface area contributed by atoms with E-state index in [2.05, 4.69) is 27.7 Å². The molecule has 1 fully saturated rings. The first-order valence-electron chi connectivity index (χ1n) is 8.97. The number of esters is 1. The molecule has 1 saturated carbocycles. The Morgan fingerprint density at radius 3 is 2.62 bits per heavy atom. The summed E-state index contributed by atoms with van der Waals surface area (Å²) in [4.78, 5) is 23.5. The minimum absolute atomic E-state index is 0.00434. The molecular formula is C20H28O4. The minimum Gasteiger partial charge on any atom is -0.429 e. The molecule has 1 heterocycles. The molecule has 4 heteroatoms. The Hall–Kier alpha value is -1.42. The van der Waals surface area contributed by atoms with Crippen molar-refractivity contribution < 1.29 is 19.4 Å². The summed E-state index contributed by atoms with van der Waals surface area (Å²) in [6.45, 7) is 8.96. The molecule has 3 rings (SSSR count).